The van der Waals surface area contributed by atoms with Crippen molar-refractivity contribution in [1.82, 2.24) is 20.1 Å². The number of nitrogens with zero attached hydrogens (tertiary/aromatic N) is 3. The number of hydrogen-bond acceptors (Lipinski definition) is 4. The van der Waals surface area contributed by atoms with Crippen molar-refractivity contribution >= 4 is 17.5 Å². The first-order valence-electron chi connectivity index (χ1n) is 8.20. The standard InChI is InChI=1S/C17H21ClN4O2/c1-12-9-13(6-7-14(12)18)24-11-17(23)19-10-16-21-20-15-5-3-2-4-8-22(15)16/h6-7,9H,2-5,8,10-11H2,1H3,(H,19,23). The fraction of sp³-hybridized carbons (Fsp3) is 0.471. The summed E-state index contributed by atoms with van der Waals surface area (Å²) in [6.07, 6.45) is 4.45. The number of benzene rings is 1. The number of rotatable bonds is 5. The van der Waals surface area contributed by atoms with Crippen LogP contribution in [0.15, 0.2) is 18.2 Å². The van der Waals surface area contributed by atoms with Crippen LogP contribution in [0.25, 0.3) is 0 Å². The summed E-state index contributed by atoms with van der Waals surface area (Å²) in [5.41, 5.74) is 0.917. The van der Waals surface area contributed by atoms with Crippen LogP contribution in [0, 0.1) is 6.92 Å². The minimum atomic E-state index is -0.187. The summed E-state index contributed by atoms with van der Waals surface area (Å²) in [6.45, 7) is 3.15. The van der Waals surface area contributed by atoms with Gasteiger partial charge in [0.15, 0.2) is 12.4 Å². The minimum Gasteiger partial charge on any atom is -0.484 e. The Labute approximate surface area is 146 Å². The van der Waals surface area contributed by atoms with Crippen LogP contribution >= 0.6 is 11.6 Å². The van der Waals surface area contributed by atoms with E-state index in [0.29, 0.717) is 17.3 Å². The second-order valence-corrected chi connectivity index (χ2v) is 6.38. The predicted molar refractivity (Wildman–Crippen MR) is 91.1 cm³/mol. The molecule has 1 aromatic heterocycles. The molecule has 1 amide bonds. The maximum absolute atomic E-state index is 12.0. The lowest BCUT2D eigenvalue weighted by atomic mass is 10.2. The molecule has 0 saturated carbocycles. The van der Waals surface area contributed by atoms with Gasteiger partial charge in [-0.1, -0.05) is 18.0 Å². The van der Waals surface area contributed by atoms with Crippen molar-refractivity contribution in [2.45, 2.75) is 45.7 Å². The second-order valence-electron chi connectivity index (χ2n) is 5.97. The van der Waals surface area contributed by atoms with Gasteiger partial charge in [0.05, 0.1) is 6.54 Å². The minimum absolute atomic E-state index is 0.0396. The number of carbonyl (C=O) groups is 1. The van der Waals surface area contributed by atoms with Crippen LogP contribution in [0.2, 0.25) is 5.02 Å². The van der Waals surface area contributed by atoms with E-state index in [-0.39, 0.29) is 12.5 Å². The lowest BCUT2D eigenvalue weighted by molar-refractivity contribution is -0.123. The summed E-state index contributed by atoms with van der Waals surface area (Å²) in [7, 11) is 0. The third kappa shape index (κ3) is 4.06. The first-order chi connectivity index (χ1) is 11.6. The van der Waals surface area contributed by atoms with Crippen molar-refractivity contribution in [3.63, 3.8) is 0 Å². The number of halogens is 1. The van der Waals surface area contributed by atoms with Gasteiger partial charge in [-0.05, 0) is 43.5 Å². The van der Waals surface area contributed by atoms with E-state index in [4.69, 9.17) is 16.3 Å². The Balaban J connectivity index is 1.51. The maximum atomic E-state index is 12.0. The third-order valence-electron chi connectivity index (χ3n) is 4.13. The van der Waals surface area contributed by atoms with Crippen molar-refractivity contribution in [2.24, 2.45) is 0 Å². The average molecular weight is 349 g/mol. The molecular weight excluding hydrogens is 328 g/mol. The molecule has 1 aliphatic rings. The Kier molecular flexibility index (Phi) is 5.35. The van der Waals surface area contributed by atoms with Gasteiger partial charge < -0.3 is 14.6 Å². The molecule has 128 valence electrons. The first kappa shape index (κ1) is 16.8. The zero-order valence-corrected chi connectivity index (χ0v) is 14.5. The molecule has 0 atom stereocenters. The average Bonchev–Trinajstić information content (AvgIpc) is 2.80. The Bertz CT molecular complexity index is 729. The van der Waals surface area contributed by atoms with E-state index in [2.05, 4.69) is 20.1 Å². The number of fused-ring (bicyclic) bond motifs is 1. The van der Waals surface area contributed by atoms with Crippen molar-refractivity contribution in [1.29, 1.82) is 0 Å². The van der Waals surface area contributed by atoms with Crippen LogP contribution in [-0.2, 0) is 24.3 Å². The van der Waals surface area contributed by atoms with Gasteiger partial charge in [0.1, 0.15) is 11.6 Å². The zero-order valence-electron chi connectivity index (χ0n) is 13.7. The zero-order chi connectivity index (χ0) is 16.9. The largest absolute Gasteiger partial charge is 0.484 e. The monoisotopic (exact) mass is 348 g/mol. The number of carbonyl (C=O) groups excluding carboxylic acids is 1. The number of aromatic nitrogens is 3. The normalized spacial score (nSPS) is 13.9. The van der Waals surface area contributed by atoms with E-state index in [0.717, 1.165) is 43.0 Å². The molecule has 0 fully saturated rings. The Morgan fingerprint density at radius 2 is 2.21 bits per heavy atom. The fourth-order valence-electron chi connectivity index (χ4n) is 2.76. The second kappa shape index (κ2) is 7.66. The van der Waals surface area contributed by atoms with Gasteiger partial charge in [-0.15, -0.1) is 10.2 Å². The van der Waals surface area contributed by atoms with Crippen molar-refractivity contribution in [3.8, 4) is 5.75 Å². The van der Waals surface area contributed by atoms with Crippen LogP contribution in [-0.4, -0.2) is 27.3 Å². The molecule has 6 nitrogen and oxygen atoms in total. The molecule has 2 heterocycles. The van der Waals surface area contributed by atoms with E-state index in [1.54, 1.807) is 12.1 Å². The Hall–Kier alpha value is -2.08. The number of hydrogen-bond donors (Lipinski definition) is 1. The molecule has 2 aromatic rings. The molecule has 0 spiro atoms. The summed E-state index contributed by atoms with van der Waals surface area (Å²) >= 11 is 5.97. The van der Waals surface area contributed by atoms with Gasteiger partial charge in [-0.2, -0.15) is 0 Å². The molecule has 3 rings (SSSR count). The topological polar surface area (TPSA) is 69.0 Å². The highest BCUT2D eigenvalue weighted by Gasteiger charge is 2.15. The van der Waals surface area contributed by atoms with Crippen molar-refractivity contribution < 1.29 is 9.53 Å². The van der Waals surface area contributed by atoms with Gasteiger partial charge in [0.25, 0.3) is 5.91 Å². The highest BCUT2D eigenvalue weighted by molar-refractivity contribution is 6.31. The maximum Gasteiger partial charge on any atom is 0.258 e. The number of nitrogens with one attached hydrogen (secondary N) is 1. The Morgan fingerprint density at radius 3 is 3.04 bits per heavy atom. The molecule has 1 aromatic carbocycles. The highest BCUT2D eigenvalue weighted by atomic mass is 35.5. The Morgan fingerprint density at radius 1 is 1.33 bits per heavy atom. The molecule has 1 N–H and O–H groups in total. The number of ether oxygens (including phenoxy) is 1. The van der Waals surface area contributed by atoms with Gasteiger partial charge >= 0.3 is 0 Å². The summed E-state index contributed by atoms with van der Waals surface area (Å²) in [5, 5.41) is 11.9. The van der Waals surface area contributed by atoms with Gasteiger partial charge in [0.2, 0.25) is 0 Å². The predicted octanol–water partition coefficient (Wildman–Crippen LogP) is 2.66. The van der Waals surface area contributed by atoms with Crippen LogP contribution in [0.3, 0.4) is 0 Å². The van der Waals surface area contributed by atoms with Crippen LogP contribution in [0.4, 0.5) is 0 Å². The molecule has 0 bridgehead atoms. The van der Waals surface area contributed by atoms with Crippen LogP contribution < -0.4 is 10.1 Å². The first-order valence-corrected chi connectivity index (χ1v) is 8.58. The summed E-state index contributed by atoms with van der Waals surface area (Å²) in [4.78, 5) is 12.0. The summed E-state index contributed by atoms with van der Waals surface area (Å²) < 4.78 is 7.61. The smallest absolute Gasteiger partial charge is 0.258 e. The molecule has 0 unspecified atom stereocenters. The van der Waals surface area contributed by atoms with Crippen molar-refractivity contribution in [3.05, 3.63) is 40.4 Å². The van der Waals surface area contributed by atoms with Crippen molar-refractivity contribution in [2.75, 3.05) is 6.61 Å². The number of amides is 1. The van der Waals surface area contributed by atoms with E-state index >= 15 is 0 Å². The summed E-state index contributed by atoms with van der Waals surface area (Å²) in [5.74, 6) is 2.27. The molecule has 1 aliphatic heterocycles. The lowest BCUT2D eigenvalue weighted by Crippen LogP contribution is -2.29. The summed E-state index contributed by atoms with van der Waals surface area (Å²) in [6, 6.07) is 5.32. The number of aryl methyl sites for hydroxylation is 2. The van der Waals surface area contributed by atoms with Gasteiger partial charge in [-0.3, -0.25) is 4.79 Å². The molecule has 0 aliphatic carbocycles. The third-order valence-corrected chi connectivity index (χ3v) is 4.55. The highest BCUT2D eigenvalue weighted by Crippen LogP contribution is 2.21. The SMILES string of the molecule is Cc1cc(OCC(=O)NCc2nnc3n2CCCCC3)ccc1Cl. The van der Waals surface area contributed by atoms with E-state index in [1.807, 2.05) is 13.0 Å². The van der Waals surface area contributed by atoms with Crippen LogP contribution in [0.5, 0.6) is 5.75 Å². The molecule has 7 heteroatoms. The van der Waals surface area contributed by atoms with Crippen LogP contribution in [0.1, 0.15) is 36.5 Å². The molecular formula is C17H21ClN4O2. The van der Waals surface area contributed by atoms with E-state index in [1.165, 1.54) is 6.42 Å². The quantitative estimate of drug-likeness (QED) is 0.901. The van der Waals surface area contributed by atoms with Gasteiger partial charge in [-0.25, -0.2) is 0 Å². The fourth-order valence-corrected chi connectivity index (χ4v) is 2.88. The van der Waals surface area contributed by atoms with E-state index < -0.39 is 0 Å². The molecule has 0 saturated heterocycles. The van der Waals surface area contributed by atoms with Gasteiger partial charge in [0, 0.05) is 18.0 Å². The van der Waals surface area contributed by atoms with E-state index in [9.17, 15) is 4.79 Å². The lowest BCUT2D eigenvalue weighted by Gasteiger charge is -2.10. The molecule has 24 heavy (non-hydrogen) atoms. The molecule has 0 radical (unpaired) electrons.